The van der Waals surface area contributed by atoms with E-state index in [9.17, 15) is 0 Å². The van der Waals surface area contributed by atoms with Gasteiger partial charge in [0.05, 0.1) is 7.11 Å². The van der Waals surface area contributed by atoms with Gasteiger partial charge in [0.25, 0.3) is 0 Å². The second-order valence-corrected chi connectivity index (χ2v) is 5.02. The highest BCUT2D eigenvalue weighted by atomic mass is 16.5. The Bertz CT molecular complexity index is 582. The van der Waals surface area contributed by atoms with Crippen LogP contribution in [-0.2, 0) is 0 Å². The molecule has 1 aliphatic heterocycles. The average Bonchev–Trinajstić information content (AvgIpc) is 2.97. The van der Waals surface area contributed by atoms with E-state index in [4.69, 9.17) is 4.74 Å². The second-order valence-electron chi connectivity index (χ2n) is 5.02. The largest absolute Gasteiger partial charge is 0.497 e. The summed E-state index contributed by atoms with van der Waals surface area (Å²) in [6.45, 7) is 4.99. The number of nitrogens with one attached hydrogen (secondary N) is 2. The zero-order valence-corrected chi connectivity index (χ0v) is 11.8. The molecule has 0 saturated carbocycles. The molecule has 106 valence electrons. The van der Waals surface area contributed by atoms with Gasteiger partial charge in [0.1, 0.15) is 5.75 Å². The number of rotatable bonds is 3. The minimum Gasteiger partial charge on any atom is -0.497 e. The summed E-state index contributed by atoms with van der Waals surface area (Å²) in [5, 5.41) is 10.7. The summed E-state index contributed by atoms with van der Waals surface area (Å²) in [5.41, 5.74) is 0.978. The predicted octanol–water partition coefficient (Wildman–Crippen LogP) is 1.28. The summed E-state index contributed by atoms with van der Waals surface area (Å²) in [6, 6.07) is 8.27. The molecule has 1 unspecified atom stereocenters. The minimum atomic E-state index is 0.461. The number of nitrogens with zero attached hydrogens (tertiary/aromatic N) is 3. The number of hydrogen-bond acceptors (Lipinski definition) is 5. The van der Waals surface area contributed by atoms with E-state index in [0.717, 1.165) is 42.7 Å². The number of aromatic amines is 1. The first-order valence-corrected chi connectivity index (χ1v) is 6.81. The van der Waals surface area contributed by atoms with Crippen molar-refractivity contribution < 1.29 is 4.74 Å². The maximum atomic E-state index is 5.23. The number of hydrogen-bond donors (Lipinski definition) is 2. The Morgan fingerprint density at radius 2 is 2.30 bits per heavy atom. The smallest absolute Gasteiger partial charge is 0.245 e. The van der Waals surface area contributed by atoms with Gasteiger partial charge in [-0.05, 0) is 19.1 Å². The molecule has 2 aromatic rings. The van der Waals surface area contributed by atoms with E-state index < -0.39 is 0 Å². The number of aromatic nitrogens is 3. The molecule has 2 N–H and O–H groups in total. The third-order valence-electron chi connectivity index (χ3n) is 3.47. The lowest BCUT2D eigenvalue weighted by atomic mass is 10.2. The van der Waals surface area contributed by atoms with Crippen molar-refractivity contribution in [1.29, 1.82) is 0 Å². The summed E-state index contributed by atoms with van der Waals surface area (Å²) < 4.78 is 5.23. The van der Waals surface area contributed by atoms with Gasteiger partial charge in [-0.15, -0.1) is 5.10 Å². The first-order valence-electron chi connectivity index (χ1n) is 6.81. The fraction of sp³-hybridized carbons (Fsp3) is 0.429. The lowest BCUT2D eigenvalue weighted by Gasteiger charge is -2.30. The number of ether oxygens (including phenoxy) is 1. The van der Waals surface area contributed by atoms with Crippen LogP contribution in [-0.4, -0.2) is 48.0 Å². The Hall–Kier alpha value is -2.08. The van der Waals surface area contributed by atoms with Gasteiger partial charge >= 0.3 is 0 Å². The molecule has 20 heavy (non-hydrogen) atoms. The Kier molecular flexibility index (Phi) is 3.56. The molecule has 6 nitrogen and oxygen atoms in total. The van der Waals surface area contributed by atoms with E-state index in [1.807, 2.05) is 24.3 Å². The fourth-order valence-electron chi connectivity index (χ4n) is 2.41. The maximum absolute atomic E-state index is 5.23. The van der Waals surface area contributed by atoms with Crippen LogP contribution in [0.25, 0.3) is 11.4 Å². The first-order chi connectivity index (χ1) is 9.76. The quantitative estimate of drug-likeness (QED) is 0.882. The first kappa shape index (κ1) is 12.9. The minimum absolute atomic E-state index is 0.461. The van der Waals surface area contributed by atoms with Crippen molar-refractivity contribution in [2.75, 3.05) is 31.6 Å². The SMILES string of the molecule is COc1cccc(-c2nc(N3CCNC(C)C3)n[nH]2)c1. The molecule has 0 spiro atoms. The van der Waals surface area contributed by atoms with Crippen LogP contribution in [0.4, 0.5) is 5.95 Å². The summed E-state index contributed by atoms with van der Waals surface area (Å²) >= 11 is 0. The van der Waals surface area contributed by atoms with E-state index in [1.54, 1.807) is 7.11 Å². The molecule has 1 fully saturated rings. The van der Waals surface area contributed by atoms with Crippen LogP contribution in [0.3, 0.4) is 0 Å². The molecule has 2 heterocycles. The van der Waals surface area contributed by atoms with E-state index in [2.05, 4.69) is 32.3 Å². The van der Waals surface area contributed by atoms with Gasteiger partial charge in [0, 0.05) is 31.2 Å². The van der Waals surface area contributed by atoms with Gasteiger partial charge < -0.3 is 15.0 Å². The normalized spacial score (nSPS) is 19.1. The van der Waals surface area contributed by atoms with Crippen molar-refractivity contribution in [2.24, 2.45) is 0 Å². The van der Waals surface area contributed by atoms with E-state index in [1.165, 1.54) is 0 Å². The number of H-pyrrole nitrogens is 1. The predicted molar refractivity (Wildman–Crippen MR) is 78.0 cm³/mol. The van der Waals surface area contributed by atoms with Crippen molar-refractivity contribution in [3.05, 3.63) is 24.3 Å². The summed E-state index contributed by atoms with van der Waals surface area (Å²) in [5.74, 6) is 2.34. The molecule has 3 rings (SSSR count). The van der Waals surface area contributed by atoms with Crippen LogP contribution in [0.1, 0.15) is 6.92 Å². The number of piperazine rings is 1. The molecular weight excluding hydrogens is 254 g/mol. The Labute approximate surface area is 118 Å². The van der Waals surface area contributed by atoms with Gasteiger partial charge in [0.15, 0.2) is 5.82 Å². The third kappa shape index (κ3) is 2.60. The van der Waals surface area contributed by atoms with Crippen LogP contribution in [0.5, 0.6) is 5.75 Å². The molecule has 1 saturated heterocycles. The lowest BCUT2D eigenvalue weighted by Crippen LogP contribution is -2.49. The Morgan fingerprint density at radius 3 is 3.10 bits per heavy atom. The molecule has 6 heteroatoms. The summed E-state index contributed by atoms with van der Waals surface area (Å²) in [4.78, 5) is 6.79. The van der Waals surface area contributed by atoms with Crippen molar-refractivity contribution in [3.8, 4) is 17.1 Å². The van der Waals surface area contributed by atoms with Crippen LogP contribution >= 0.6 is 0 Å². The zero-order valence-electron chi connectivity index (χ0n) is 11.8. The summed E-state index contributed by atoms with van der Waals surface area (Å²) in [7, 11) is 1.66. The molecule has 0 bridgehead atoms. The van der Waals surface area contributed by atoms with Crippen molar-refractivity contribution in [2.45, 2.75) is 13.0 Å². The second kappa shape index (κ2) is 5.50. The topological polar surface area (TPSA) is 66.1 Å². The lowest BCUT2D eigenvalue weighted by molar-refractivity contribution is 0.415. The monoisotopic (exact) mass is 273 g/mol. The van der Waals surface area contributed by atoms with Gasteiger partial charge in [-0.3, -0.25) is 5.10 Å². The molecular formula is C14H19N5O. The Morgan fingerprint density at radius 1 is 1.40 bits per heavy atom. The number of benzene rings is 1. The average molecular weight is 273 g/mol. The van der Waals surface area contributed by atoms with Gasteiger partial charge in [0.2, 0.25) is 5.95 Å². The summed E-state index contributed by atoms with van der Waals surface area (Å²) in [6.07, 6.45) is 0. The highest BCUT2D eigenvalue weighted by molar-refractivity contribution is 5.58. The van der Waals surface area contributed by atoms with Gasteiger partial charge in [-0.2, -0.15) is 4.98 Å². The number of anilines is 1. The standard InChI is InChI=1S/C14H19N5O/c1-10-9-19(7-6-15-10)14-16-13(17-18-14)11-4-3-5-12(8-11)20-2/h3-5,8,10,15H,6-7,9H2,1-2H3,(H,16,17,18). The molecule has 1 atom stereocenters. The van der Waals surface area contributed by atoms with Crippen LogP contribution in [0, 0.1) is 0 Å². The van der Waals surface area contributed by atoms with Crippen LogP contribution in [0.2, 0.25) is 0 Å². The Balaban J connectivity index is 1.82. The molecule has 1 aromatic heterocycles. The molecule has 0 amide bonds. The maximum Gasteiger partial charge on any atom is 0.245 e. The molecule has 0 aliphatic carbocycles. The van der Waals surface area contributed by atoms with Crippen LogP contribution < -0.4 is 15.0 Å². The number of methoxy groups -OCH3 is 1. The van der Waals surface area contributed by atoms with Crippen molar-refractivity contribution in [1.82, 2.24) is 20.5 Å². The third-order valence-corrected chi connectivity index (χ3v) is 3.47. The van der Waals surface area contributed by atoms with Crippen molar-refractivity contribution >= 4 is 5.95 Å². The molecule has 1 aliphatic rings. The molecule has 0 radical (unpaired) electrons. The highest BCUT2D eigenvalue weighted by Crippen LogP contribution is 2.22. The fourth-order valence-corrected chi connectivity index (χ4v) is 2.41. The highest BCUT2D eigenvalue weighted by Gasteiger charge is 2.19. The van der Waals surface area contributed by atoms with Crippen LogP contribution in [0.15, 0.2) is 24.3 Å². The van der Waals surface area contributed by atoms with E-state index in [0.29, 0.717) is 6.04 Å². The van der Waals surface area contributed by atoms with E-state index in [-0.39, 0.29) is 0 Å². The van der Waals surface area contributed by atoms with Gasteiger partial charge in [-0.25, -0.2) is 0 Å². The molecule has 1 aromatic carbocycles. The van der Waals surface area contributed by atoms with Crippen molar-refractivity contribution in [3.63, 3.8) is 0 Å². The van der Waals surface area contributed by atoms with Gasteiger partial charge in [-0.1, -0.05) is 12.1 Å². The zero-order chi connectivity index (χ0) is 13.9. The van der Waals surface area contributed by atoms with E-state index >= 15 is 0 Å².